The van der Waals surface area contributed by atoms with E-state index in [4.69, 9.17) is 0 Å². The molecule has 0 unspecified atom stereocenters. The van der Waals surface area contributed by atoms with E-state index in [0.717, 1.165) is 36.5 Å². The van der Waals surface area contributed by atoms with Gasteiger partial charge in [0.15, 0.2) is 9.84 Å². The molecule has 1 amide bonds. The van der Waals surface area contributed by atoms with Crippen molar-refractivity contribution in [3.05, 3.63) is 66.4 Å². The second kappa shape index (κ2) is 8.60. The van der Waals surface area contributed by atoms with Crippen LogP contribution in [0, 0.1) is 0 Å². The SMILES string of the molecule is CS(=O)(=O)Cc1nc2ccccc2n1CC(=O)N1CCN(Cc2cn3ccccc3n2)CC1. The first-order valence-corrected chi connectivity index (χ1v) is 13.0. The zero-order valence-electron chi connectivity index (χ0n) is 18.5. The van der Waals surface area contributed by atoms with E-state index in [1.807, 2.05) is 64.2 Å². The molecule has 33 heavy (non-hydrogen) atoms. The number of nitrogens with zero attached hydrogens (tertiary/aromatic N) is 6. The second-order valence-corrected chi connectivity index (χ2v) is 10.7. The lowest BCUT2D eigenvalue weighted by atomic mass is 10.2. The number of sulfone groups is 1. The summed E-state index contributed by atoms with van der Waals surface area (Å²) >= 11 is 0. The molecular weight excluding hydrogens is 440 g/mol. The molecule has 0 bridgehead atoms. The lowest BCUT2D eigenvalue weighted by molar-refractivity contribution is -0.133. The maximum Gasteiger partial charge on any atom is 0.242 e. The van der Waals surface area contributed by atoms with Crippen LogP contribution in [0.4, 0.5) is 0 Å². The summed E-state index contributed by atoms with van der Waals surface area (Å²) in [4.78, 5) is 26.4. The lowest BCUT2D eigenvalue weighted by Gasteiger charge is -2.34. The molecule has 0 N–H and O–H groups in total. The minimum atomic E-state index is -3.28. The van der Waals surface area contributed by atoms with Crippen LogP contribution in [0.3, 0.4) is 0 Å². The van der Waals surface area contributed by atoms with Gasteiger partial charge >= 0.3 is 0 Å². The van der Waals surface area contributed by atoms with Gasteiger partial charge in [-0.2, -0.15) is 0 Å². The Morgan fingerprint density at radius 1 is 1.00 bits per heavy atom. The van der Waals surface area contributed by atoms with Crippen LogP contribution in [-0.4, -0.2) is 75.5 Å². The molecule has 172 valence electrons. The Labute approximate surface area is 192 Å². The quantitative estimate of drug-likeness (QED) is 0.428. The molecule has 3 aromatic heterocycles. The number of carbonyl (C=O) groups is 1. The Morgan fingerprint density at radius 3 is 2.52 bits per heavy atom. The minimum absolute atomic E-state index is 0.0275. The number of fused-ring (bicyclic) bond motifs is 2. The van der Waals surface area contributed by atoms with E-state index in [9.17, 15) is 13.2 Å². The van der Waals surface area contributed by atoms with Crippen LogP contribution in [0.15, 0.2) is 54.9 Å². The maximum atomic E-state index is 13.1. The van der Waals surface area contributed by atoms with E-state index < -0.39 is 9.84 Å². The van der Waals surface area contributed by atoms with Crippen LogP contribution < -0.4 is 0 Å². The van der Waals surface area contributed by atoms with E-state index in [1.54, 1.807) is 4.57 Å². The normalized spacial score (nSPS) is 15.5. The molecule has 10 heteroatoms. The molecule has 0 saturated carbocycles. The highest BCUT2D eigenvalue weighted by Crippen LogP contribution is 2.19. The summed E-state index contributed by atoms with van der Waals surface area (Å²) in [5, 5.41) is 0. The number of piperazine rings is 1. The van der Waals surface area contributed by atoms with Crippen molar-refractivity contribution in [2.45, 2.75) is 18.8 Å². The van der Waals surface area contributed by atoms with Gasteiger partial charge in [0.25, 0.3) is 0 Å². The van der Waals surface area contributed by atoms with E-state index in [-0.39, 0.29) is 18.2 Å². The molecular formula is C23H26N6O3S. The molecule has 0 spiro atoms. The van der Waals surface area contributed by atoms with Crippen molar-refractivity contribution < 1.29 is 13.2 Å². The molecule has 4 heterocycles. The maximum absolute atomic E-state index is 13.1. The van der Waals surface area contributed by atoms with Crippen molar-refractivity contribution in [3.63, 3.8) is 0 Å². The van der Waals surface area contributed by atoms with Gasteiger partial charge in [-0.25, -0.2) is 18.4 Å². The summed E-state index contributed by atoms with van der Waals surface area (Å²) in [6.45, 7) is 3.60. The first-order chi connectivity index (χ1) is 15.9. The van der Waals surface area contributed by atoms with Crippen LogP contribution in [0.25, 0.3) is 16.7 Å². The number of hydrogen-bond acceptors (Lipinski definition) is 6. The topological polar surface area (TPSA) is 92.8 Å². The fraction of sp³-hybridized carbons (Fsp3) is 0.348. The first kappa shape index (κ1) is 21.6. The van der Waals surface area contributed by atoms with Crippen LogP contribution in [0.5, 0.6) is 0 Å². The van der Waals surface area contributed by atoms with E-state index >= 15 is 0 Å². The number of para-hydroxylation sites is 2. The molecule has 9 nitrogen and oxygen atoms in total. The Bertz CT molecular complexity index is 1380. The third kappa shape index (κ3) is 4.76. The largest absolute Gasteiger partial charge is 0.339 e. The average Bonchev–Trinajstić information content (AvgIpc) is 3.33. The number of amides is 1. The Balaban J connectivity index is 1.25. The van der Waals surface area contributed by atoms with Gasteiger partial charge in [0.1, 0.15) is 23.8 Å². The molecule has 1 saturated heterocycles. The van der Waals surface area contributed by atoms with Gasteiger partial charge in [0.2, 0.25) is 5.91 Å². The van der Waals surface area contributed by atoms with Gasteiger partial charge in [0.05, 0.1) is 16.7 Å². The molecule has 1 fully saturated rings. The Kier molecular flexibility index (Phi) is 5.63. The van der Waals surface area contributed by atoms with E-state index in [1.165, 1.54) is 6.26 Å². The van der Waals surface area contributed by atoms with Gasteiger partial charge in [-0.1, -0.05) is 18.2 Å². The summed E-state index contributed by atoms with van der Waals surface area (Å²) in [5.74, 6) is 0.180. The summed E-state index contributed by atoms with van der Waals surface area (Å²) in [6, 6.07) is 13.4. The highest BCUT2D eigenvalue weighted by molar-refractivity contribution is 7.89. The number of benzene rings is 1. The second-order valence-electron chi connectivity index (χ2n) is 8.53. The first-order valence-electron chi connectivity index (χ1n) is 10.9. The van der Waals surface area contributed by atoms with Crippen LogP contribution >= 0.6 is 0 Å². The third-order valence-electron chi connectivity index (χ3n) is 5.94. The number of pyridine rings is 1. The summed E-state index contributed by atoms with van der Waals surface area (Å²) in [6.07, 6.45) is 5.21. The summed E-state index contributed by atoms with van der Waals surface area (Å²) < 4.78 is 27.5. The molecule has 0 radical (unpaired) electrons. The van der Waals surface area contributed by atoms with E-state index in [0.29, 0.717) is 24.4 Å². The molecule has 1 aromatic carbocycles. The van der Waals surface area contributed by atoms with Gasteiger partial charge in [-0.3, -0.25) is 9.69 Å². The summed E-state index contributed by atoms with van der Waals surface area (Å²) in [7, 11) is -3.28. The van der Waals surface area contributed by atoms with Gasteiger partial charge in [-0.15, -0.1) is 0 Å². The molecule has 5 rings (SSSR count). The number of carbonyl (C=O) groups excluding carboxylic acids is 1. The van der Waals surface area contributed by atoms with Crippen molar-refractivity contribution in [2.24, 2.45) is 0 Å². The fourth-order valence-electron chi connectivity index (χ4n) is 4.33. The number of rotatable bonds is 6. The highest BCUT2D eigenvalue weighted by atomic mass is 32.2. The standard InChI is InChI=1S/C23H26N6O3S/c1-33(31,32)17-22-25-19-6-2-3-7-20(19)29(22)16-23(30)27-12-10-26(11-13-27)14-18-15-28-9-5-4-8-21(28)24-18/h2-9,15H,10-14,16-17H2,1H3. The molecule has 1 aliphatic rings. The Hall–Kier alpha value is -3.24. The van der Waals surface area contributed by atoms with Crippen molar-refractivity contribution in [2.75, 3.05) is 32.4 Å². The zero-order chi connectivity index (χ0) is 23.0. The molecule has 0 atom stereocenters. The van der Waals surface area contributed by atoms with Crippen molar-refractivity contribution in [3.8, 4) is 0 Å². The minimum Gasteiger partial charge on any atom is -0.339 e. The predicted octanol–water partition coefficient (Wildman–Crippen LogP) is 1.57. The Morgan fingerprint density at radius 2 is 1.76 bits per heavy atom. The number of imidazole rings is 2. The molecule has 4 aromatic rings. The number of aromatic nitrogens is 4. The van der Waals surface area contributed by atoms with Crippen molar-refractivity contribution >= 4 is 32.4 Å². The monoisotopic (exact) mass is 466 g/mol. The zero-order valence-corrected chi connectivity index (χ0v) is 19.3. The summed E-state index contributed by atoms with van der Waals surface area (Å²) in [5.41, 5.74) is 3.41. The van der Waals surface area contributed by atoms with Crippen molar-refractivity contribution in [1.29, 1.82) is 0 Å². The number of hydrogen-bond donors (Lipinski definition) is 0. The third-order valence-corrected chi connectivity index (χ3v) is 6.73. The van der Waals surface area contributed by atoms with Gasteiger partial charge in [-0.05, 0) is 24.3 Å². The van der Waals surface area contributed by atoms with Crippen molar-refractivity contribution in [1.82, 2.24) is 28.7 Å². The van der Waals surface area contributed by atoms with Gasteiger partial charge in [0, 0.05) is 51.4 Å². The van der Waals surface area contributed by atoms with E-state index in [2.05, 4.69) is 14.9 Å². The predicted molar refractivity (Wildman–Crippen MR) is 125 cm³/mol. The fourth-order valence-corrected chi connectivity index (χ4v) is 5.02. The molecule has 0 aliphatic carbocycles. The van der Waals surface area contributed by atoms with Crippen LogP contribution in [-0.2, 0) is 33.5 Å². The van der Waals surface area contributed by atoms with Crippen LogP contribution in [0.1, 0.15) is 11.5 Å². The van der Waals surface area contributed by atoms with Crippen LogP contribution in [0.2, 0.25) is 0 Å². The smallest absolute Gasteiger partial charge is 0.242 e. The average molecular weight is 467 g/mol. The lowest BCUT2D eigenvalue weighted by Crippen LogP contribution is -2.49. The van der Waals surface area contributed by atoms with Gasteiger partial charge < -0.3 is 13.9 Å². The molecule has 1 aliphatic heterocycles. The highest BCUT2D eigenvalue weighted by Gasteiger charge is 2.24.